The number of primary amides is 1. The van der Waals surface area contributed by atoms with Gasteiger partial charge in [0.2, 0.25) is 5.91 Å². The van der Waals surface area contributed by atoms with E-state index in [4.69, 9.17) is 5.73 Å². The van der Waals surface area contributed by atoms with Crippen molar-refractivity contribution in [3.8, 4) is 0 Å². The van der Waals surface area contributed by atoms with E-state index >= 15 is 0 Å². The molecule has 16 heavy (non-hydrogen) atoms. The molecule has 1 rings (SSSR count). The van der Waals surface area contributed by atoms with Gasteiger partial charge in [-0.3, -0.25) is 9.69 Å². The number of likely N-dealkylation sites (N-methyl/N-ethyl adjacent to an activating group) is 1. The van der Waals surface area contributed by atoms with E-state index in [2.05, 4.69) is 29.0 Å². The molecule has 1 aliphatic rings. The fraction of sp³-hybridized carbons (Fsp3) is 0.909. The molecule has 1 heterocycles. The molecule has 0 radical (unpaired) electrons. The number of nitrogens with one attached hydrogen (secondary N) is 1. The van der Waals surface area contributed by atoms with Gasteiger partial charge in [0.1, 0.15) is 6.04 Å². The lowest BCUT2D eigenvalue weighted by Gasteiger charge is -2.35. The number of nitrogens with two attached hydrogens (primary N) is 1. The van der Waals surface area contributed by atoms with E-state index in [1.165, 1.54) is 0 Å². The number of amides is 1. The van der Waals surface area contributed by atoms with Crippen molar-refractivity contribution in [1.82, 2.24) is 15.1 Å². The molecule has 0 aromatic rings. The minimum atomic E-state index is -0.216. The molecule has 1 aliphatic heterocycles. The Morgan fingerprint density at radius 2 is 2.19 bits per heavy atom. The van der Waals surface area contributed by atoms with Crippen molar-refractivity contribution in [3.63, 3.8) is 0 Å². The fourth-order valence-corrected chi connectivity index (χ4v) is 2.10. The molecule has 5 nitrogen and oxygen atoms in total. The van der Waals surface area contributed by atoms with Crippen LogP contribution in [0.25, 0.3) is 0 Å². The third-order valence-corrected chi connectivity index (χ3v) is 3.28. The maximum absolute atomic E-state index is 11.3. The van der Waals surface area contributed by atoms with E-state index in [-0.39, 0.29) is 11.9 Å². The van der Waals surface area contributed by atoms with Gasteiger partial charge in [-0.15, -0.1) is 0 Å². The monoisotopic (exact) mass is 228 g/mol. The smallest absolute Gasteiger partial charge is 0.236 e. The van der Waals surface area contributed by atoms with Crippen molar-refractivity contribution in [2.45, 2.75) is 19.9 Å². The largest absolute Gasteiger partial charge is 0.368 e. The van der Waals surface area contributed by atoms with Gasteiger partial charge in [-0.05, 0) is 13.1 Å². The van der Waals surface area contributed by atoms with Crippen molar-refractivity contribution >= 4 is 5.91 Å². The minimum absolute atomic E-state index is 0.135. The number of piperazine rings is 1. The fourth-order valence-electron chi connectivity index (χ4n) is 2.10. The Balaban J connectivity index is 2.40. The molecule has 1 saturated heterocycles. The Bertz CT molecular complexity index is 218. The first kappa shape index (κ1) is 13.4. The molecule has 1 atom stereocenters. The van der Waals surface area contributed by atoms with Crippen LogP contribution in [0.4, 0.5) is 0 Å². The number of rotatable bonds is 6. The van der Waals surface area contributed by atoms with Gasteiger partial charge in [-0.2, -0.15) is 0 Å². The lowest BCUT2D eigenvalue weighted by molar-refractivity contribution is -0.123. The highest BCUT2D eigenvalue weighted by molar-refractivity contribution is 5.80. The Kier molecular flexibility index (Phi) is 5.73. The maximum atomic E-state index is 11.3. The molecule has 5 heteroatoms. The van der Waals surface area contributed by atoms with Gasteiger partial charge in [-0.25, -0.2) is 0 Å². The van der Waals surface area contributed by atoms with Crippen LogP contribution in [0.15, 0.2) is 0 Å². The molecule has 0 aromatic carbocycles. The van der Waals surface area contributed by atoms with Crippen LogP contribution in [0.1, 0.15) is 13.8 Å². The summed E-state index contributed by atoms with van der Waals surface area (Å²) in [6.07, 6.45) is 0. The predicted molar refractivity (Wildman–Crippen MR) is 65.2 cm³/mol. The summed E-state index contributed by atoms with van der Waals surface area (Å²) in [5.74, 6) is -0.216. The summed E-state index contributed by atoms with van der Waals surface area (Å²) >= 11 is 0. The third-order valence-electron chi connectivity index (χ3n) is 3.28. The molecular formula is C11H24N4O. The molecule has 3 N–H and O–H groups in total. The SMILES string of the molecule is CCN(CC)CCN1CCNCC1C(N)=O. The number of nitrogens with zero attached hydrogens (tertiary/aromatic N) is 2. The number of carbonyl (C=O) groups is 1. The minimum Gasteiger partial charge on any atom is -0.368 e. The van der Waals surface area contributed by atoms with E-state index in [1.807, 2.05) is 0 Å². The van der Waals surface area contributed by atoms with Gasteiger partial charge in [0.05, 0.1) is 0 Å². The van der Waals surface area contributed by atoms with Gasteiger partial charge in [0.25, 0.3) is 0 Å². The predicted octanol–water partition coefficient (Wildman–Crippen LogP) is -0.913. The van der Waals surface area contributed by atoms with E-state index in [1.54, 1.807) is 0 Å². The van der Waals surface area contributed by atoms with Crippen LogP contribution in [0.3, 0.4) is 0 Å². The highest BCUT2D eigenvalue weighted by Crippen LogP contribution is 2.03. The molecular weight excluding hydrogens is 204 g/mol. The summed E-state index contributed by atoms with van der Waals surface area (Å²) in [5.41, 5.74) is 5.39. The lowest BCUT2D eigenvalue weighted by Crippen LogP contribution is -2.58. The Morgan fingerprint density at radius 3 is 2.75 bits per heavy atom. The molecule has 1 fully saturated rings. The lowest BCUT2D eigenvalue weighted by atomic mass is 10.2. The number of hydrogen-bond acceptors (Lipinski definition) is 4. The second-order valence-electron chi connectivity index (χ2n) is 4.19. The second kappa shape index (κ2) is 6.83. The zero-order valence-corrected chi connectivity index (χ0v) is 10.4. The van der Waals surface area contributed by atoms with E-state index in [9.17, 15) is 4.79 Å². The summed E-state index contributed by atoms with van der Waals surface area (Å²) in [7, 11) is 0. The molecule has 0 bridgehead atoms. The molecule has 94 valence electrons. The quantitative estimate of drug-likeness (QED) is 0.618. The van der Waals surface area contributed by atoms with Gasteiger partial charge >= 0.3 is 0 Å². The first-order chi connectivity index (χ1) is 7.69. The first-order valence-corrected chi connectivity index (χ1v) is 6.15. The normalized spacial score (nSPS) is 22.6. The zero-order chi connectivity index (χ0) is 12.0. The number of carbonyl (C=O) groups excluding carboxylic acids is 1. The highest BCUT2D eigenvalue weighted by Gasteiger charge is 2.26. The van der Waals surface area contributed by atoms with Crippen LogP contribution in [0.2, 0.25) is 0 Å². The van der Waals surface area contributed by atoms with Crippen molar-refractivity contribution < 1.29 is 4.79 Å². The van der Waals surface area contributed by atoms with Crippen LogP contribution in [-0.2, 0) is 4.79 Å². The van der Waals surface area contributed by atoms with Crippen molar-refractivity contribution in [1.29, 1.82) is 0 Å². The Labute approximate surface area is 98.0 Å². The molecule has 1 unspecified atom stereocenters. The number of hydrogen-bond donors (Lipinski definition) is 2. The van der Waals surface area contributed by atoms with Crippen LogP contribution >= 0.6 is 0 Å². The molecule has 0 aromatic heterocycles. The average Bonchev–Trinajstić information content (AvgIpc) is 2.30. The van der Waals surface area contributed by atoms with E-state index < -0.39 is 0 Å². The van der Waals surface area contributed by atoms with Crippen LogP contribution in [0.5, 0.6) is 0 Å². The summed E-state index contributed by atoms with van der Waals surface area (Å²) < 4.78 is 0. The average molecular weight is 228 g/mol. The zero-order valence-electron chi connectivity index (χ0n) is 10.4. The van der Waals surface area contributed by atoms with Gasteiger partial charge in [0, 0.05) is 32.7 Å². The van der Waals surface area contributed by atoms with Gasteiger partial charge in [0.15, 0.2) is 0 Å². The summed E-state index contributed by atoms with van der Waals surface area (Å²) in [6.45, 7) is 10.9. The molecule has 0 aliphatic carbocycles. The van der Waals surface area contributed by atoms with Crippen LogP contribution in [-0.4, -0.2) is 67.6 Å². The van der Waals surface area contributed by atoms with Crippen molar-refractivity contribution in [3.05, 3.63) is 0 Å². The second-order valence-corrected chi connectivity index (χ2v) is 4.19. The molecule has 0 spiro atoms. The van der Waals surface area contributed by atoms with E-state index in [0.717, 1.165) is 39.3 Å². The summed E-state index contributed by atoms with van der Waals surface area (Å²) in [6, 6.07) is -0.135. The Hall–Kier alpha value is -0.650. The van der Waals surface area contributed by atoms with Crippen LogP contribution in [0, 0.1) is 0 Å². The third kappa shape index (κ3) is 3.73. The molecule has 1 amide bonds. The summed E-state index contributed by atoms with van der Waals surface area (Å²) in [5, 5.41) is 3.21. The van der Waals surface area contributed by atoms with Crippen molar-refractivity contribution in [2.75, 3.05) is 45.8 Å². The molecule has 0 saturated carbocycles. The van der Waals surface area contributed by atoms with Crippen LogP contribution < -0.4 is 11.1 Å². The maximum Gasteiger partial charge on any atom is 0.236 e. The topological polar surface area (TPSA) is 61.6 Å². The van der Waals surface area contributed by atoms with Gasteiger partial charge in [-0.1, -0.05) is 13.8 Å². The summed E-state index contributed by atoms with van der Waals surface area (Å²) in [4.78, 5) is 15.8. The van der Waals surface area contributed by atoms with E-state index in [0.29, 0.717) is 6.54 Å². The first-order valence-electron chi connectivity index (χ1n) is 6.15. The highest BCUT2D eigenvalue weighted by atomic mass is 16.1. The Morgan fingerprint density at radius 1 is 1.50 bits per heavy atom. The standard InChI is InChI=1S/C11H24N4O/c1-3-14(4-2)7-8-15-6-5-13-9-10(15)11(12)16/h10,13H,3-9H2,1-2H3,(H2,12,16). The van der Waals surface area contributed by atoms with Gasteiger partial charge < -0.3 is 16.0 Å². The van der Waals surface area contributed by atoms with Crippen molar-refractivity contribution in [2.24, 2.45) is 5.73 Å².